The lowest BCUT2D eigenvalue weighted by molar-refractivity contribution is 0.599. The van der Waals surface area contributed by atoms with E-state index >= 15 is 0 Å². The topological polar surface area (TPSA) is 84.0 Å². The van der Waals surface area contributed by atoms with Gasteiger partial charge in [-0.25, -0.2) is 8.42 Å². The van der Waals surface area contributed by atoms with Crippen molar-refractivity contribution in [3.05, 3.63) is 22.7 Å². The number of nitrogens with two attached hydrogens (primary N) is 1. The Kier molecular flexibility index (Phi) is 3.13. The molecule has 0 aromatic heterocycles. The van der Waals surface area contributed by atoms with Gasteiger partial charge in [0.05, 0.1) is 16.7 Å². The van der Waals surface area contributed by atoms with Crippen molar-refractivity contribution in [3.8, 4) is 6.07 Å². The molecule has 2 N–H and O–H groups in total. The molecule has 14 heavy (non-hydrogen) atoms. The monoisotopic (exact) mass is 274 g/mol. The molecule has 0 atom stereocenters. The third-order valence-corrected chi connectivity index (χ3v) is 3.61. The largest absolute Gasteiger partial charge is 0.398 e. The summed E-state index contributed by atoms with van der Waals surface area (Å²) in [5.41, 5.74) is 5.67. The first-order chi connectivity index (χ1) is 6.47. The average Bonchev–Trinajstić information content (AvgIpc) is 2.02. The van der Waals surface area contributed by atoms with Gasteiger partial charge in [0.15, 0.2) is 9.84 Å². The van der Waals surface area contributed by atoms with Crippen molar-refractivity contribution in [2.75, 3.05) is 11.5 Å². The van der Waals surface area contributed by atoms with Gasteiger partial charge in [-0.05, 0) is 18.2 Å². The van der Waals surface area contributed by atoms with Gasteiger partial charge in [0, 0.05) is 4.47 Å². The minimum Gasteiger partial charge on any atom is -0.398 e. The molecule has 1 aromatic carbocycles. The van der Waals surface area contributed by atoms with E-state index in [0.29, 0.717) is 4.47 Å². The van der Waals surface area contributed by atoms with Crippen LogP contribution in [0.15, 0.2) is 27.6 Å². The molecule has 0 saturated heterocycles. The Bertz CT molecular complexity index is 491. The molecule has 1 rings (SSSR count). The van der Waals surface area contributed by atoms with Gasteiger partial charge in [-0.2, -0.15) is 5.26 Å². The van der Waals surface area contributed by atoms with E-state index in [1.807, 2.05) is 0 Å². The van der Waals surface area contributed by atoms with Gasteiger partial charge in [0.1, 0.15) is 5.75 Å². The summed E-state index contributed by atoms with van der Waals surface area (Å²) >= 11 is 3.16. The molecule has 1 aromatic rings. The summed E-state index contributed by atoms with van der Waals surface area (Å²) < 4.78 is 23.6. The van der Waals surface area contributed by atoms with Crippen LogP contribution in [0.3, 0.4) is 0 Å². The zero-order chi connectivity index (χ0) is 10.8. The van der Waals surface area contributed by atoms with Crippen LogP contribution >= 0.6 is 15.9 Å². The molecule has 0 aliphatic carbocycles. The number of benzene rings is 1. The Labute approximate surface area is 90.4 Å². The first kappa shape index (κ1) is 11.0. The maximum absolute atomic E-state index is 11.4. The third-order valence-electron chi connectivity index (χ3n) is 1.56. The first-order valence-electron chi connectivity index (χ1n) is 3.62. The van der Waals surface area contributed by atoms with Gasteiger partial charge in [-0.15, -0.1) is 0 Å². The highest BCUT2D eigenvalue weighted by molar-refractivity contribution is 9.10. The SMILES string of the molecule is N#CCS(=O)(=O)c1ccc(Br)cc1N. The van der Waals surface area contributed by atoms with Gasteiger partial charge in [0.2, 0.25) is 0 Å². The predicted molar refractivity (Wildman–Crippen MR) is 56.2 cm³/mol. The van der Waals surface area contributed by atoms with Crippen molar-refractivity contribution in [1.82, 2.24) is 0 Å². The summed E-state index contributed by atoms with van der Waals surface area (Å²) in [4.78, 5) is 0.00208. The smallest absolute Gasteiger partial charge is 0.193 e. The molecule has 0 radical (unpaired) electrons. The summed E-state index contributed by atoms with van der Waals surface area (Å²) in [6, 6.07) is 6.03. The molecule has 74 valence electrons. The molecule has 6 heteroatoms. The summed E-state index contributed by atoms with van der Waals surface area (Å²) in [5, 5.41) is 8.33. The molecule has 0 aliphatic heterocycles. The molecule has 0 fully saturated rings. The second kappa shape index (κ2) is 3.98. The number of halogens is 1. The van der Waals surface area contributed by atoms with Crippen molar-refractivity contribution < 1.29 is 8.42 Å². The van der Waals surface area contributed by atoms with E-state index in [2.05, 4.69) is 15.9 Å². The summed E-state index contributed by atoms with van der Waals surface area (Å²) in [6.45, 7) is 0. The van der Waals surface area contributed by atoms with E-state index in [1.165, 1.54) is 12.1 Å². The van der Waals surface area contributed by atoms with Crippen LogP contribution in [0.25, 0.3) is 0 Å². The van der Waals surface area contributed by atoms with Gasteiger partial charge in [-0.3, -0.25) is 0 Å². The lowest BCUT2D eigenvalue weighted by Gasteiger charge is -2.04. The molecule has 0 amide bonds. The Morgan fingerprint density at radius 3 is 2.64 bits per heavy atom. The molecule has 0 spiro atoms. The van der Waals surface area contributed by atoms with Crippen molar-refractivity contribution in [2.45, 2.75) is 4.90 Å². The van der Waals surface area contributed by atoms with Crippen LogP contribution in [0.1, 0.15) is 0 Å². The van der Waals surface area contributed by atoms with Crippen LogP contribution in [-0.4, -0.2) is 14.2 Å². The highest BCUT2D eigenvalue weighted by Gasteiger charge is 2.16. The Morgan fingerprint density at radius 1 is 1.50 bits per heavy atom. The van der Waals surface area contributed by atoms with Crippen molar-refractivity contribution in [1.29, 1.82) is 5.26 Å². The van der Waals surface area contributed by atoms with E-state index in [0.717, 1.165) is 0 Å². The van der Waals surface area contributed by atoms with E-state index in [1.54, 1.807) is 12.1 Å². The molecule has 0 unspecified atom stereocenters. The lowest BCUT2D eigenvalue weighted by Crippen LogP contribution is -2.07. The fraction of sp³-hybridized carbons (Fsp3) is 0.125. The average molecular weight is 275 g/mol. The second-order valence-corrected chi connectivity index (χ2v) is 5.47. The van der Waals surface area contributed by atoms with E-state index in [-0.39, 0.29) is 10.6 Å². The number of nitrogens with zero attached hydrogens (tertiary/aromatic N) is 1. The molecular weight excluding hydrogens is 268 g/mol. The molecule has 0 bridgehead atoms. The highest BCUT2D eigenvalue weighted by Crippen LogP contribution is 2.23. The Balaban J connectivity index is 3.29. The Hall–Kier alpha value is -1.06. The van der Waals surface area contributed by atoms with Crippen LogP contribution in [0.4, 0.5) is 5.69 Å². The predicted octanol–water partition coefficient (Wildman–Crippen LogP) is 1.33. The molecule has 4 nitrogen and oxygen atoms in total. The number of sulfone groups is 1. The number of anilines is 1. The van der Waals surface area contributed by atoms with Crippen molar-refractivity contribution >= 4 is 31.5 Å². The summed E-state index contributed by atoms with van der Waals surface area (Å²) in [5.74, 6) is -0.557. The Morgan fingerprint density at radius 2 is 2.14 bits per heavy atom. The minimum absolute atomic E-state index is 0.00208. The number of nitriles is 1. The normalized spacial score (nSPS) is 10.9. The number of nitrogen functional groups attached to an aromatic ring is 1. The summed E-state index contributed by atoms with van der Waals surface area (Å²) in [6.07, 6.45) is 0. The minimum atomic E-state index is -3.56. The quantitative estimate of drug-likeness (QED) is 0.825. The first-order valence-corrected chi connectivity index (χ1v) is 6.06. The van der Waals surface area contributed by atoms with E-state index in [4.69, 9.17) is 11.0 Å². The van der Waals surface area contributed by atoms with Crippen LogP contribution in [0.5, 0.6) is 0 Å². The van der Waals surface area contributed by atoms with Crippen LogP contribution < -0.4 is 5.73 Å². The maximum atomic E-state index is 11.4. The standard InChI is InChI=1S/C8H7BrN2O2S/c9-6-1-2-8(7(11)5-6)14(12,13)4-3-10/h1-2,5H,4,11H2. The van der Waals surface area contributed by atoms with Gasteiger partial charge in [0.25, 0.3) is 0 Å². The van der Waals surface area contributed by atoms with Gasteiger partial charge in [-0.1, -0.05) is 15.9 Å². The lowest BCUT2D eigenvalue weighted by atomic mass is 10.3. The fourth-order valence-electron chi connectivity index (χ4n) is 0.965. The van der Waals surface area contributed by atoms with Crippen LogP contribution in [0.2, 0.25) is 0 Å². The van der Waals surface area contributed by atoms with Crippen LogP contribution in [0, 0.1) is 11.3 Å². The van der Waals surface area contributed by atoms with Gasteiger partial charge < -0.3 is 5.73 Å². The second-order valence-electron chi connectivity index (χ2n) is 2.60. The number of hydrogen-bond acceptors (Lipinski definition) is 4. The maximum Gasteiger partial charge on any atom is 0.193 e. The van der Waals surface area contributed by atoms with E-state index in [9.17, 15) is 8.42 Å². The summed E-state index contributed by atoms with van der Waals surface area (Å²) in [7, 11) is -3.56. The van der Waals surface area contributed by atoms with Crippen molar-refractivity contribution in [2.24, 2.45) is 0 Å². The van der Waals surface area contributed by atoms with Crippen molar-refractivity contribution in [3.63, 3.8) is 0 Å². The highest BCUT2D eigenvalue weighted by atomic mass is 79.9. The molecular formula is C8H7BrN2O2S. The zero-order valence-electron chi connectivity index (χ0n) is 7.07. The molecule has 0 heterocycles. The van der Waals surface area contributed by atoms with Gasteiger partial charge >= 0.3 is 0 Å². The number of rotatable bonds is 2. The van der Waals surface area contributed by atoms with E-state index < -0.39 is 15.6 Å². The molecule has 0 aliphatic rings. The number of hydrogen-bond donors (Lipinski definition) is 1. The molecule has 0 saturated carbocycles. The third kappa shape index (κ3) is 2.25. The zero-order valence-corrected chi connectivity index (χ0v) is 9.47. The fourth-order valence-corrected chi connectivity index (χ4v) is 2.36. The van der Waals surface area contributed by atoms with Crippen LogP contribution in [-0.2, 0) is 9.84 Å².